The fraction of sp³-hybridized carbons (Fsp3) is 0.100. The second-order valence-corrected chi connectivity index (χ2v) is 4.06. The number of hydrogen-bond acceptors (Lipinski definition) is 3. The molecule has 2 rings (SSSR count). The van der Waals surface area contributed by atoms with Crippen molar-refractivity contribution in [1.82, 2.24) is 20.5 Å². The first-order valence-corrected chi connectivity index (χ1v) is 5.50. The standard InChI is InChI=1S/C10H8Cl2N4O/c11-7-2-1-6(3-8(7)12)10(17)13-4-9-14-5-15-16-9/h1-3,5H,4H2,(H,13,17)(H,14,15,16). The number of H-pyrrole nitrogens is 1. The third-order valence-corrected chi connectivity index (χ3v) is 2.80. The van der Waals surface area contributed by atoms with Gasteiger partial charge in [-0.25, -0.2) is 4.98 Å². The number of rotatable bonds is 3. The Labute approximate surface area is 107 Å². The zero-order valence-electron chi connectivity index (χ0n) is 8.58. The summed E-state index contributed by atoms with van der Waals surface area (Å²) in [4.78, 5) is 15.6. The van der Waals surface area contributed by atoms with E-state index >= 15 is 0 Å². The highest BCUT2D eigenvalue weighted by atomic mass is 35.5. The first-order valence-electron chi connectivity index (χ1n) is 4.74. The Balaban J connectivity index is 2.02. The minimum absolute atomic E-state index is 0.250. The molecule has 1 aromatic heterocycles. The quantitative estimate of drug-likeness (QED) is 0.897. The van der Waals surface area contributed by atoms with Crippen LogP contribution in [0.4, 0.5) is 0 Å². The SMILES string of the molecule is O=C(NCc1ncn[nH]1)c1ccc(Cl)c(Cl)c1. The van der Waals surface area contributed by atoms with Crippen molar-refractivity contribution in [3.05, 3.63) is 46.0 Å². The summed E-state index contributed by atoms with van der Waals surface area (Å²) in [6, 6.07) is 4.69. The molecule has 1 aromatic carbocycles. The molecule has 0 spiro atoms. The van der Waals surface area contributed by atoms with Gasteiger partial charge in [0.1, 0.15) is 12.2 Å². The van der Waals surface area contributed by atoms with Gasteiger partial charge in [0.25, 0.3) is 5.91 Å². The summed E-state index contributed by atoms with van der Waals surface area (Å²) in [6.07, 6.45) is 1.38. The second-order valence-electron chi connectivity index (χ2n) is 3.24. The third-order valence-electron chi connectivity index (χ3n) is 2.06. The molecule has 0 atom stereocenters. The maximum atomic E-state index is 11.7. The summed E-state index contributed by atoms with van der Waals surface area (Å²) in [5, 5.41) is 9.75. The van der Waals surface area contributed by atoms with E-state index in [0.29, 0.717) is 21.4 Å². The molecular weight excluding hydrogens is 263 g/mol. The molecule has 2 aromatic rings. The zero-order valence-corrected chi connectivity index (χ0v) is 10.1. The molecule has 7 heteroatoms. The largest absolute Gasteiger partial charge is 0.345 e. The predicted molar refractivity (Wildman–Crippen MR) is 64.0 cm³/mol. The number of benzene rings is 1. The van der Waals surface area contributed by atoms with E-state index in [-0.39, 0.29) is 12.5 Å². The second kappa shape index (κ2) is 5.16. The molecule has 0 bridgehead atoms. The highest BCUT2D eigenvalue weighted by Crippen LogP contribution is 2.22. The van der Waals surface area contributed by atoms with Gasteiger partial charge in [0.05, 0.1) is 16.6 Å². The van der Waals surface area contributed by atoms with E-state index in [1.54, 1.807) is 12.1 Å². The van der Waals surface area contributed by atoms with Crippen molar-refractivity contribution in [2.24, 2.45) is 0 Å². The number of aromatic nitrogens is 3. The van der Waals surface area contributed by atoms with Crippen molar-refractivity contribution in [2.75, 3.05) is 0 Å². The van der Waals surface area contributed by atoms with Gasteiger partial charge in [0.2, 0.25) is 0 Å². The Hall–Kier alpha value is -1.59. The van der Waals surface area contributed by atoms with Gasteiger partial charge >= 0.3 is 0 Å². The highest BCUT2D eigenvalue weighted by molar-refractivity contribution is 6.42. The summed E-state index contributed by atoms with van der Waals surface area (Å²) in [6.45, 7) is 0.277. The minimum atomic E-state index is -0.250. The van der Waals surface area contributed by atoms with Crippen LogP contribution >= 0.6 is 23.2 Å². The van der Waals surface area contributed by atoms with Gasteiger partial charge in [0, 0.05) is 5.56 Å². The van der Waals surface area contributed by atoms with Gasteiger partial charge in [-0.05, 0) is 18.2 Å². The first kappa shape index (κ1) is 11.9. The van der Waals surface area contributed by atoms with Gasteiger partial charge in [-0.1, -0.05) is 23.2 Å². The Morgan fingerprint density at radius 1 is 1.35 bits per heavy atom. The van der Waals surface area contributed by atoms with Gasteiger partial charge in [0.15, 0.2) is 0 Å². The Morgan fingerprint density at radius 3 is 2.82 bits per heavy atom. The Morgan fingerprint density at radius 2 is 2.18 bits per heavy atom. The van der Waals surface area contributed by atoms with Crippen molar-refractivity contribution in [2.45, 2.75) is 6.54 Å². The molecule has 2 N–H and O–H groups in total. The van der Waals surface area contributed by atoms with Crippen molar-refractivity contribution in [1.29, 1.82) is 0 Å². The average molecular weight is 271 g/mol. The molecule has 17 heavy (non-hydrogen) atoms. The fourth-order valence-electron chi connectivity index (χ4n) is 1.22. The fourth-order valence-corrected chi connectivity index (χ4v) is 1.52. The average Bonchev–Trinajstić information content (AvgIpc) is 2.82. The Kier molecular flexibility index (Phi) is 3.61. The van der Waals surface area contributed by atoms with Gasteiger partial charge < -0.3 is 5.32 Å². The molecule has 0 unspecified atom stereocenters. The van der Waals surface area contributed by atoms with Crippen LogP contribution in [0.3, 0.4) is 0 Å². The summed E-state index contributed by atoms with van der Waals surface area (Å²) >= 11 is 11.6. The van der Waals surface area contributed by atoms with E-state index in [1.165, 1.54) is 12.4 Å². The van der Waals surface area contributed by atoms with Crippen LogP contribution in [0.2, 0.25) is 10.0 Å². The number of amides is 1. The molecule has 0 fully saturated rings. The van der Waals surface area contributed by atoms with Crippen LogP contribution in [0.15, 0.2) is 24.5 Å². The topological polar surface area (TPSA) is 70.7 Å². The summed E-state index contributed by atoms with van der Waals surface area (Å²) in [7, 11) is 0. The van der Waals surface area contributed by atoms with Crippen LogP contribution in [0.5, 0.6) is 0 Å². The first-order chi connectivity index (χ1) is 8.16. The van der Waals surface area contributed by atoms with Crippen LogP contribution in [0.1, 0.15) is 16.2 Å². The smallest absolute Gasteiger partial charge is 0.251 e. The van der Waals surface area contributed by atoms with Crippen LogP contribution in [-0.4, -0.2) is 21.1 Å². The highest BCUT2D eigenvalue weighted by Gasteiger charge is 2.08. The molecule has 0 radical (unpaired) electrons. The molecule has 5 nitrogen and oxygen atoms in total. The molecule has 0 saturated heterocycles. The van der Waals surface area contributed by atoms with Gasteiger partial charge in [-0.3, -0.25) is 9.89 Å². The van der Waals surface area contributed by atoms with Crippen molar-refractivity contribution >= 4 is 29.1 Å². The van der Waals surface area contributed by atoms with Crippen LogP contribution < -0.4 is 5.32 Å². The summed E-state index contributed by atoms with van der Waals surface area (Å²) in [5.41, 5.74) is 0.443. The van der Waals surface area contributed by atoms with E-state index in [4.69, 9.17) is 23.2 Å². The lowest BCUT2D eigenvalue weighted by Crippen LogP contribution is -2.23. The molecule has 1 heterocycles. The van der Waals surface area contributed by atoms with E-state index < -0.39 is 0 Å². The van der Waals surface area contributed by atoms with E-state index in [9.17, 15) is 4.79 Å². The van der Waals surface area contributed by atoms with E-state index in [1.807, 2.05) is 0 Å². The van der Waals surface area contributed by atoms with Gasteiger partial charge in [-0.15, -0.1) is 0 Å². The molecule has 0 aliphatic carbocycles. The third kappa shape index (κ3) is 2.95. The number of hydrogen-bond donors (Lipinski definition) is 2. The lowest BCUT2D eigenvalue weighted by molar-refractivity contribution is 0.0950. The monoisotopic (exact) mass is 270 g/mol. The lowest BCUT2D eigenvalue weighted by atomic mass is 10.2. The van der Waals surface area contributed by atoms with Crippen molar-refractivity contribution in [3.63, 3.8) is 0 Å². The lowest BCUT2D eigenvalue weighted by Gasteiger charge is -2.04. The summed E-state index contributed by atoms with van der Waals surface area (Å²) in [5.74, 6) is 0.332. The maximum absolute atomic E-state index is 11.7. The van der Waals surface area contributed by atoms with Crippen LogP contribution in [-0.2, 0) is 6.54 Å². The maximum Gasteiger partial charge on any atom is 0.251 e. The molecule has 88 valence electrons. The number of nitrogens with one attached hydrogen (secondary N) is 2. The molecule has 0 aliphatic rings. The zero-order chi connectivity index (χ0) is 12.3. The normalized spacial score (nSPS) is 10.2. The van der Waals surface area contributed by atoms with Crippen molar-refractivity contribution < 1.29 is 4.79 Å². The number of carbonyl (C=O) groups is 1. The molecule has 1 amide bonds. The number of aromatic amines is 1. The Bertz CT molecular complexity index is 527. The number of halogens is 2. The van der Waals surface area contributed by atoms with Crippen LogP contribution in [0, 0.1) is 0 Å². The number of nitrogens with zero attached hydrogens (tertiary/aromatic N) is 2. The molecule has 0 saturated carbocycles. The van der Waals surface area contributed by atoms with E-state index in [0.717, 1.165) is 0 Å². The molecular formula is C10H8Cl2N4O. The molecule has 0 aliphatic heterocycles. The van der Waals surface area contributed by atoms with Crippen molar-refractivity contribution in [3.8, 4) is 0 Å². The van der Waals surface area contributed by atoms with Crippen LogP contribution in [0.25, 0.3) is 0 Å². The number of carbonyl (C=O) groups excluding carboxylic acids is 1. The minimum Gasteiger partial charge on any atom is -0.345 e. The van der Waals surface area contributed by atoms with E-state index in [2.05, 4.69) is 20.5 Å². The van der Waals surface area contributed by atoms with Gasteiger partial charge in [-0.2, -0.15) is 5.10 Å². The summed E-state index contributed by atoms with van der Waals surface area (Å²) < 4.78 is 0. The predicted octanol–water partition coefficient (Wildman–Crippen LogP) is 2.04.